The molecule has 8 heteroatoms. The lowest BCUT2D eigenvalue weighted by molar-refractivity contribution is 0.102. The molecule has 2 aromatic carbocycles. The number of piperidine rings is 1. The number of nitrogens with zero attached hydrogens (tertiary/aromatic N) is 2. The van der Waals surface area contributed by atoms with Crippen molar-refractivity contribution in [3.05, 3.63) is 94.4 Å². The van der Waals surface area contributed by atoms with E-state index in [9.17, 15) is 18.0 Å². The van der Waals surface area contributed by atoms with Crippen LogP contribution in [0.2, 0.25) is 0 Å². The van der Waals surface area contributed by atoms with Gasteiger partial charge in [0.1, 0.15) is 0 Å². The molecule has 0 aliphatic carbocycles. The highest BCUT2D eigenvalue weighted by molar-refractivity contribution is 7.89. The van der Waals surface area contributed by atoms with Gasteiger partial charge in [0, 0.05) is 42.9 Å². The summed E-state index contributed by atoms with van der Waals surface area (Å²) >= 11 is 0. The summed E-state index contributed by atoms with van der Waals surface area (Å²) in [6.07, 6.45) is 0.776. The summed E-state index contributed by atoms with van der Waals surface area (Å²) in [5, 5.41) is 2.94. The van der Waals surface area contributed by atoms with Crippen LogP contribution in [0.4, 0.5) is 5.69 Å². The number of aromatic nitrogens is 1. The van der Waals surface area contributed by atoms with Crippen LogP contribution in [-0.2, 0) is 16.6 Å². The Hall–Kier alpha value is -3.23. The molecule has 3 heterocycles. The fourth-order valence-corrected chi connectivity index (χ4v) is 6.38. The topological polar surface area (TPSA) is 88.5 Å². The Kier molecular flexibility index (Phi) is 5.19. The van der Waals surface area contributed by atoms with Crippen molar-refractivity contribution in [1.82, 2.24) is 8.87 Å². The van der Waals surface area contributed by atoms with Crippen LogP contribution in [0.25, 0.3) is 0 Å². The Morgan fingerprint density at radius 2 is 1.56 bits per heavy atom. The van der Waals surface area contributed by atoms with Gasteiger partial charge < -0.3 is 9.88 Å². The van der Waals surface area contributed by atoms with Gasteiger partial charge in [-0.2, -0.15) is 4.31 Å². The highest BCUT2D eigenvalue weighted by Crippen LogP contribution is 2.40. The number of nitrogens with one attached hydrogen (secondary N) is 1. The molecule has 0 spiro atoms. The number of amides is 1. The number of hydrogen-bond donors (Lipinski definition) is 1. The monoisotopic (exact) mass is 449 g/mol. The predicted octanol–water partition coefficient (Wildman–Crippen LogP) is 2.91. The zero-order valence-corrected chi connectivity index (χ0v) is 18.2. The van der Waals surface area contributed by atoms with Crippen LogP contribution in [0.5, 0.6) is 0 Å². The number of rotatable bonds is 4. The Morgan fingerprint density at radius 3 is 2.28 bits per heavy atom. The molecule has 2 atom stereocenters. The molecule has 7 nitrogen and oxygen atoms in total. The minimum Gasteiger partial charge on any atom is -0.320 e. The highest BCUT2D eigenvalue weighted by Gasteiger charge is 2.40. The third kappa shape index (κ3) is 3.65. The van der Waals surface area contributed by atoms with Crippen LogP contribution in [0.15, 0.2) is 82.5 Å². The van der Waals surface area contributed by atoms with Crippen LogP contribution >= 0.6 is 0 Å². The maximum absolute atomic E-state index is 13.2. The molecule has 5 rings (SSSR count). The third-order valence-electron chi connectivity index (χ3n) is 6.22. The molecule has 0 unspecified atom stereocenters. The van der Waals surface area contributed by atoms with Crippen molar-refractivity contribution in [2.45, 2.75) is 23.8 Å². The fourth-order valence-electron chi connectivity index (χ4n) is 4.80. The Balaban J connectivity index is 1.49. The second-order valence-electron chi connectivity index (χ2n) is 8.33. The molecule has 1 saturated heterocycles. The van der Waals surface area contributed by atoms with Crippen molar-refractivity contribution >= 4 is 21.6 Å². The molecule has 0 saturated carbocycles. The van der Waals surface area contributed by atoms with Crippen LogP contribution in [0.1, 0.15) is 28.4 Å². The lowest BCUT2D eigenvalue weighted by atomic mass is 9.83. The average Bonchev–Trinajstić information content (AvgIpc) is 2.82. The molecule has 164 valence electrons. The minimum absolute atomic E-state index is 0.0394. The van der Waals surface area contributed by atoms with Crippen LogP contribution in [0.3, 0.4) is 0 Å². The molecular formula is C24H23N3O4S. The Labute approximate surface area is 186 Å². The van der Waals surface area contributed by atoms with Gasteiger partial charge in [0.2, 0.25) is 10.0 Å². The Bertz CT molecular complexity index is 1320. The van der Waals surface area contributed by atoms with Crippen molar-refractivity contribution in [3.63, 3.8) is 0 Å². The lowest BCUT2D eigenvalue weighted by Crippen LogP contribution is -2.49. The van der Waals surface area contributed by atoms with Crippen molar-refractivity contribution in [1.29, 1.82) is 0 Å². The number of anilines is 1. The largest absolute Gasteiger partial charge is 0.320 e. The molecule has 2 aliphatic rings. The van der Waals surface area contributed by atoms with E-state index < -0.39 is 10.0 Å². The molecule has 2 aliphatic heterocycles. The smallest absolute Gasteiger partial charge is 0.255 e. The molecular weight excluding hydrogens is 426 g/mol. The molecule has 32 heavy (non-hydrogen) atoms. The van der Waals surface area contributed by atoms with Gasteiger partial charge in [-0.1, -0.05) is 36.4 Å². The maximum atomic E-state index is 13.2. The number of fused-ring (bicyclic) bond motifs is 4. The fraction of sp³-hybridized carbons (Fsp3) is 0.250. The number of carbonyl (C=O) groups excluding carboxylic acids is 1. The van der Waals surface area contributed by atoms with Crippen molar-refractivity contribution in [3.8, 4) is 0 Å². The van der Waals surface area contributed by atoms with Gasteiger partial charge in [0.05, 0.1) is 10.6 Å². The molecule has 1 aromatic heterocycles. The van der Waals surface area contributed by atoms with Gasteiger partial charge in [0.15, 0.2) is 0 Å². The van der Waals surface area contributed by atoms with E-state index in [1.165, 1.54) is 10.4 Å². The Morgan fingerprint density at radius 1 is 0.875 bits per heavy atom. The zero-order chi connectivity index (χ0) is 22.3. The van der Waals surface area contributed by atoms with Gasteiger partial charge in [-0.05, 0) is 42.7 Å². The van der Waals surface area contributed by atoms with E-state index in [2.05, 4.69) is 5.32 Å². The maximum Gasteiger partial charge on any atom is 0.255 e. The molecule has 1 N–H and O–H groups in total. The van der Waals surface area contributed by atoms with E-state index in [4.69, 9.17) is 0 Å². The van der Waals surface area contributed by atoms with E-state index in [0.29, 0.717) is 30.0 Å². The van der Waals surface area contributed by atoms with E-state index >= 15 is 0 Å². The number of carbonyl (C=O) groups is 1. The first-order valence-electron chi connectivity index (χ1n) is 10.6. The summed E-state index contributed by atoms with van der Waals surface area (Å²) in [5.74, 6) is -0.405. The zero-order valence-electron chi connectivity index (χ0n) is 17.3. The summed E-state index contributed by atoms with van der Waals surface area (Å²) in [7, 11) is -3.64. The summed E-state index contributed by atoms with van der Waals surface area (Å²) < 4.78 is 29.7. The predicted molar refractivity (Wildman–Crippen MR) is 121 cm³/mol. The number of hydrogen-bond acceptors (Lipinski definition) is 4. The van der Waals surface area contributed by atoms with Crippen molar-refractivity contribution < 1.29 is 13.2 Å². The van der Waals surface area contributed by atoms with Gasteiger partial charge >= 0.3 is 0 Å². The molecule has 2 bridgehead atoms. The van der Waals surface area contributed by atoms with Gasteiger partial charge in [0.25, 0.3) is 11.5 Å². The molecule has 1 amide bonds. The summed E-state index contributed by atoms with van der Waals surface area (Å²) in [6, 6.07) is 20.4. The number of sulfonamides is 1. The van der Waals surface area contributed by atoms with Gasteiger partial charge in [-0.3, -0.25) is 9.59 Å². The van der Waals surface area contributed by atoms with Crippen molar-refractivity contribution in [2.75, 3.05) is 18.4 Å². The van der Waals surface area contributed by atoms with Gasteiger partial charge in [-0.15, -0.1) is 0 Å². The van der Waals surface area contributed by atoms with E-state index in [1.807, 2.05) is 6.07 Å². The summed E-state index contributed by atoms with van der Waals surface area (Å²) in [6.45, 7) is 1.08. The highest BCUT2D eigenvalue weighted by atomic mass is 32.2. The normalized spacial score (nSPS) is 20.4. The van der Waals surface area contributed by atoms with E-state index in [1.54, 1.807) is 65.2 Å². The van der Waals surface area contributed by atoms with Crippen LogP contribution < -0.4 is 10.9 Å². The summed E-state index contributed by atoms with van der Waals surface area (Å²) in [4.78, 5) is 25.6. The van der Waals surface area contributed by atoms with Crippen LogP contribution in [-0.4, -0.2) is 36.3 Å². The van der Waals surface area contributed by atoms with E-state index in [0.717, 1.165) is 6.42 Å². The number of pyridine rings is 1. The van der Waals surface area contributed by atoms with E-state index in [-0.39, 0.29) is 34.7 Å². The molecule has 3 aromatic rings. The molecule has 1 fully saturated rings. The second-order valence-corrected chi connectivity index (χ2v) is 10.3. The minimum atomic E-state index is -3.64. The third-order valence-corrected chi connectivity index (χ3v) is 8.07. The average molecular weight is 450 g/mol. The van der Waals surface area contributed by atoms with Crippen molar-refractivity contribution in [2.24, 2.45) is 5.92 Å². The standard InChI is InChI=1S/C24H23N3O4S/c28-22-12-11-21(25-24(29)18-7-3-1-4-8-18)23-19-13-17(15-27(22)23)14-26(16-19)32(30,31)20-9-5-2-6-10-20/h1-12,17,19H,13-16H2,(H,25,29)/t17-,19-/m0/s1. The van der Waals surface area contributed by atoms with Gasteiger partial charge in [-0.25, -0.2) is 8.42 Å². The quantitative estimate of drug-likeness (QED) is 0.663. The summed E-state index contributed by atoms with van der Waals surface area (Å²) in [5.41, 5.74) is 1.64. The second kappa shape index (κ2) is 8.03. The molecule has 0 radical (unpaired) electrons. The SMILES string of the molecule is O=C(Nc1ccc(=O)n2c1[C@H]1C[C@@H](CN(S(=O)(=O)c3ccccc3)C1)C2)c1ccccc1. The first kappa shape index (κ1) is 20.7. The first-order chi connectivity index (χ1) is 15.4. The number of benzene rings is 2. The lowest BCUT2D eigenvalue weighted by Gasteiger charge is -2.42. The van der Waals surface area contributed by atoms with Crippen LogP contribution in [0, 0.1) is 5.92 Å². The first-order valence-corrected chi connectivity index (χ1v) is 12.0.